The third kappa shape index (κ3) is 5.30. The molecule has 32 heavy (non-hydrogen) atoms. The number of methoxy groups -OCH3 is 3. The topological polar surface area (TPSA) is 83.3 Å². The van der Waals surface area contributed by atoms with E-state index in [1.165, 1.54) is 0 Å². The molecule has 176 valence electrons. The molecule has 1 saturated heterocycles. The highest BCUT2D eigenvalue weighted by Gasteiger charge is 2.34. The Bertz CT molecular complexity index is 898. The average molecular weight is 467 g/mol. The molecule has 1 aliphatic rings. The van der Waals surface area contributed by atoms with Gasteiger partial charge < -0.3 is 28.4 Å². The van der Waals surface area contributed by atoms with E-state index in [1.807, 2.05) is 19.9 Å². The molecule has 0 bridgehead atoms. The Hall–Kier alpha value is -2.45. The molecular weight excluding hydrogens is 436 g/mol. The van der Waals surface area contributed by atoms with Gasteiger partial charge in [-0.15, -0.1) is 11.6 Å². The van der Waals surface area contributed by atoms with E-state index >= 15 is 0 Å². The molecule has 1 atom stereocenters. The van der Waals surface area contributed by atoms with Crippen molar-refractivity contribution < 1.29 is 28.3 Å². The summed E-state index contributed by atoms with van der Waals surface area (Å²) in [4.78, 5) is 14.9. The van der Waals surface area contributed by atoms with Crippen LogP contribution in [0.5, 0.6) is 17.2 Å². The summed E-state index contributed by atoms with van der Waals surface area (Å²) in [5, 5.41) is 4.20. The van der Waals surface area contributed by atoms with E-state index < -0.39 is 5.41 Å². The molecule has 1 aromatic carbocycles. The third-order valence-corrected chi connectivity index (χ3v) is 6.18. The largest absolute Gasteiger partial charge is 0.493 e. The highest BCUT2D eigenvalue weighted by molar-refractivity contribution is 6.19. The first-order valence-corrected chi connectivity index (χ1v) is 11.1. The molecule has 1 aliphatic heterocycles. The maximum atomic E-state index is 13.2. The predicted octanol–water partition coefficient (Wildman–Crippen LogP) is 4.14. The first kappa shape index (κ1) is 24.2. The van der Waals surface area contributed by atoms with Crippen LogP contribution in [0.3, 0.4) is 0 Å². The summed E-state index contributed by atoms with van der Waals surface area (Å²) in [6.07, 6.45) is 1.95. The van der Waals surface area contributed by atoms with Gasteiger partial charge in [-0.25, -0.2) is 0 Å². The zero-order valence-electron chi connectivity index (χ0n) is 19.3. The standard InChI is InChI=1S/C23H31ClN2O6/c1-23(2,14-24)22(27)26(13-17-7-6-8-31-17)12-16-11-18(32-25-16)15-9-19(28-3)21(30-5)20(10-15)29-4/h9-11,17H,6-8,12-14H2,1-5H3/t17-/m1/s1. The molecule has 9 heteroatoms. The predicted molar refractivity (Wildman–Crippen MR) is 120 cm³/mol. The molecule has 1 aromatic heterocycles. The number of carbonyl (C=O) groups excluding carboxylic acids is 1. The van der Waals surface area contributed by atoms with Crippen molar-refractivity contribution in [3.8, 4) is 28.6 Å². The van der Waals surface area contributed by atoms with Crippen molar-refractivity contribution in [3.05, 3.63) is 23.9 Å². The molecule has 0 unspecified atom stereocenters. The highest BCUT2D eigenvalue weighted by atomic mass is 35.5. The second-order valence-electron chi connectivity index (χ2n) is 8.43. The van der Waals surface area contributed by atoms with Gasteiger partial charge in [0.15, 0.2) is 17.3 Å². The Morgan fingerprint density at radius 2 is 1.88 bits per heavy atom. The number of rotatable bonds is 10. The lowest BCUT2D eigenvalue weighted by molar-refractivity contribution is -0.141. The Labute approximate surface area is 193 Å². The van der Waals surface area contributed by atoms with E-state index in [0.29, 0.717) is 41.8 Å². The van der Waals surface area contributed by atoms with Gasteiger partial charge in [-0.3, -0.25) is 4.79 Å². The summed E-state index contributed by atoms with van der Waals surface area (Å²) in [6.45, 7) is 5.20. The number of alkyl halides is 1. The van der Waals surface area contributed by atoms with Gasteiger partial charge in [0.25, 0.3) is 0 Å². The van der Waals surface area contributed by atoms with E-state index in [2.05, 4.69) is 5.16 Å². The van der Waals surface area contributed by atoms with Crippen LogP contribution in [0.25, 0.3) is 11.3 Å². The van der Waals surface area contributed by atoms with Crippen LogP contribution in [0.4, 0.5) is 0 Å². The van der Waals surface area contributed by atoms with Gasteiger partial charge in [0.1, 0.15) is 5.69 Å². The number of hydrogen-bond acceptors (Lipinski definition) is 7. The molecule has 1 amide bonds. The highest BCUT2D eigenvalue weighted by Crippen LogP contribution is 2.41. The van der Waals surface area contributed by atoms with Gasteiger partial charge >= 0.3 is 0 Å². The van der Waals surface area contributed by atoms with E-state index in [-0.39, 0.29) is 17.9 Å². The minimum atomic E-state index is -0.691. The molecule has 0 saturated carbocycles. The Morgan fingerprint density at radius 1 is 1.19 bits per heavy atom. The molecular formula is C23H31ClN2O6. The lowest BCUT2D eigenvalue weighted by Gasteiger charge is -2.31. The van der Waals surface area contributed by atoms with Gasteiger partial charge in [0, 0.05) is 30.7 Å². The monoisotopic (exact) mass is 466 g/mol. The van der Waals surface area contributed by atoms with Gasteiger partial charge in [-0.05, 0) is 38.8 Å². The Balaban J connectivity index is 1.86. The minimum absolute atomic E-state index is 0.0200. The van der Waals surface area contributed by atoms with Crippen molar-refractivity contribution >= 4 is 17.5 Å². The second-order valence-corrected chi connectivity index (χ2v) is 8.70. The molecule has 0 N–H and O–H groups in total. The smallest absolute Gasteiger partial charge is 0.229 e. The summed E-state index contributed by atoms with van der Waals surface area (Å²) < 4.78 is 27.6. The number of hydrogen-bond donors (Lipinski definition) is 0. The molecule has 0 spiro atoms. The number of ether oxygens (including phenoxy) is 4. The molecule has 1 fully saturated rings. The van der Waals surface area contributed by atoms with Gasteiger partial charge in [0.2, 0.25) is 11.7 Å². The van der Waals surface area contributed by atoms with Crippen molar-refractivity contribution in [1.29, 1.82) is 0 Å². The quantitative estimate of drug-likeness (QED) is 0.486. The first-order valence-electron chi connectivity index (χ1n) is 10.6. The summed E-state index contributed by atoms with van der Waals surface area (Å²) in [6, 6.07) is 5.39. The number of nitrogens with zero attached hydrogens (tertiary/aromatic N) is 2. The normalized spacial score (nSPS) is 16.1. The van der Waals surface area contributed by atoms with Crippen molar-refractivity contribution in [3.63, 3.8) is 0 Å². The zero-order valence-corrected chi connectivity index (χ0v) is 20.0. The van der Waals surface area contributed by atoms with Crippen LogP contribution >= 0.6 is 11.6 Å². The maximum absolute atomic E-state index is 13.2. The lowest BCUT2D eigenvalue weighted by atomic mass is 9.94. The lowest BCUT2D eigenvalue weighted by Crippen LogP contribution is -2.44. The van der Waals surface area contributed by atoms with Crippen LogP contribution in [0.2, 0.25) is 0 Å². The summed E-state index contributed by atoms with van der Waals surface area (Å²) >= 11 is 6.07. The fraction of sp³-hybridized carbons (Fsp3) is 0.565. The van der Waals surface area contributed by atoms with Gasteiger partial charge in [-0.1, -0.05) is 5.16 Å². The third-order valence-electron chi connectivity index (χ3n) is 5.51. The SMILES string of the molecule is COc1cc(-c2cc(CN(C[C@H]3CCCO3)C(=O)C(C)(C)CCl)no2)cc(OC)c1OC. The summed E-state index contributed by atoms with van der Waals surface area (Å²) in [7, 11) is 4.66. The van der Waals surface area contributed by atoms with E-state index in [0.717, 1.165) is 25.0 Å². The van der Waals surface area contributed by atoms with Crippen LogP contribution in [-0.4, -0.2) is 62.4 Å². The average Bonchev–Trinajstić information content (AvgIpc) is 3.49. The van der Waals surface area contributed by atoms with Crippen LogP contribution in [0.1, 0.15) is 32.4 Å². The fourth-order valence-electron chi connectivity index (χ4n) is 3.68. The Morgan fingerprint density at radius 3 is 2.41 bits per heavy atom. The number of halogens is 1. The van der Waals surface area contributed by atoms with Gasteiger partial charge in [-0.2, -0.15) is 0 Å². The zero-order chi connectivity index (χ0) is 23.3. The van der Waals surface area contributed by atoms with E-state index in [4.69, 9.17) is 35.1 Å². The first-order chi connectivity index (χ1) is 15.3. The van der Waals surface area contributed by atoms with Crippen LogP contribution in [0, 0.1) is 5.41 Å². The van der Waals surface area contributed by atoms with E-state index in [9.17, 15) is 4.79 Å². The number of carbonyl (C=O) groups is 1. The number of benzene rings is 1. The van der Waals surface area contributed by atoms with Crippen molar-refractivity contribution in [2.24, 2.45) is 5.41 Å². The van der Waals surface area contributed by atoms with Gasteiger partial charge in [0.05, 0.1) is 39.4 Å². The molecule has 0 aliphatic carbocycles. The second kappa shape index (κ2) is 10.4. The maximum Gasteiger partial charge on any atom is 0.229 e. The molecule has 3 rings (SSSR count). The van der Waals surface area contributed by atoms with Crippen LogP contribution in [0.15, 0.2) is 22.7 Å². The minimum Gasteiger partial charge on any atom is -0.493 e. The number of amides is 1. The van der Waals surface area contributed by atoms with Crippen molar-refractivity contribution in [1.82, 2.24) is 10.1 Å². The molecule has 2 aromatic rings. The summed E-state index contributed by atoms with van der Waals surface area (Å²) in [5.41, 5.74) is 0.658. The van der Waals surface area contributed by atoms with Crippen molar-refractivity contribution in [2.75, 3.05) is 40.4 Å². The molecule has 8 nitrogen and oxygen atoms in total. The van der Waals surface area contributed by atoms with Crippen molar-refractivity contribution in [2.45, 2.75) is 39.3 Å². The molecule has 0 radical (unpaired) electrons. The van der Waals surface area contributed by atoms with E-state index in [1.54, 1.807) is 38.4 Å². The number of aromatic nitrogens is 1. The van der Waals surface area contributed by atoms with Crippen LogP contribution < -0.4 is 14.2 Å². The molecule has 2 heterocycles. The van der Waals surface area contributed by atoms with Crippen LogP contribution in [-0.2, 0) is 16.1 Å². The Kier molecular flexibility index (Phi) is 7.90. The summed E-state index contributed by atoms with van der Waals surface area (Å²) in [5.74, 6) is 2.23. The fourth-order valence-corrected chi connectivity index (χ4v) is 3.79.